The molecule has 1 unspecified atom stereocenters. The second-order valence-electron chi connectivity index (χ2n) is 4.01. The summed E-state index contributed by atoms with van der Waals surface area (Å²) >= 11 is 5.02. The molecule has 0 amide bonds. The lowest BCUT2D eigenvalue weighted by Gasteiger charge is -2.17. The zero-order valence-electron chi connectivity index (χ0n) is 10.6. The Hall–Kier alpha value is -1.20. The molecule has 1 aromatic rings. The summed E-state index contributed by atoms with van der Waals surface area (Å²) in [5.74, 6) is 0.486. The van der Waals surface area contributed by atoms with Crippen LogP contribution in [0.15, 0.2) is 6.07 Å². The Bertz CT molecular complexity index is 421. The second-order valence-corrected chi connectivity index (χ2v) is 4.45. The Morgan fingerprint density at radius 2 is 2.18 bits per heavy atom. The summed E-state index contributed by atoms with van der Waals surface area (Å²) in [5, 5.41) is 0. The Balaban J connectivity index is 3.08. The van der Waals surface area contributed by atoms with Crippen molar-refractivity contribution in [3.8, 4) is 5.88 Å². The summed E-state index contributed by atoms with van der Waals surface area (Å²) < 4.78 is 10.7. The van der Waals surface area contributed by atoms with Gasteiger partial charge in [0.15, 0.2) is 0 Å². The summed E-state index contributed by atoms with van der Waals surface area (Å²) in [6, 6.07) is 1.93. The van der Waals surface area contributed by atoms with E-state index >= 15 is 0 Å². The van der Waals surface area contributed by atoms with Gasteiger partial charge in [-0.1, -0.05) is 12.2 Å². The van der Waals surface area contributed by atoms with Gasteiger partial charge >= 0.3 is 0 Å². The number of aryl methyl sites for hydroxylation is 2. The number of ether oxygens (including phenoxy) is 2. The van der Waals surface area contributed by atoms with Crippen molar-refractivity contribution in [2.45, 2.75) is 26.9 Å². The SMILES string of the molecule is COCC(C)Oc1nc(C)cc(C)c1C(N)=S. The van der Waals surface area contributed by atoms with Gasteiger partial charge in [0.1, 0.15) is 11.1 Å². The molecule has 0 saturated heterocycles. The van der Waals surface area contributed by atoms with Crippen molar-refractivity contribution in [1.29, 1.82) is 0 Å². The van der Waals surface area contributed by atoms with Crippen LogP contribution in [-0.2, 0) is 4.74 Å². The lowest BCUT2D eigenvalue weighted by Crippen LogP contribution is -2.22. The highest BCUT2D eigenvalue weighted by atomic mass is 32.1. The third-order valence-corrected chi connectivity index (χ3v) is 2.48. The predicted molar refractivity (Wildman–Crippen MR) is 71.6 cm³/mol. The molecule has 0 spiro atoms. The van der Waals surface area contributed by atoms with Crippen molar-refractivity contribution in [2.75, 3.05) is 13.7 Å². The van der Waals surface area contributed by atoms with Crippen LogP contribution < -0.4 is 10.5 Å². The summed E-state index contributed by atoms with van der Waals surface area (Å²) in [4.78, 5) is 4.63. The Morgan fingerprint density at radius 3 is 2.71 bits per heavy atom. The normalized spacial score (nSPS) is 12.2. The van der Waals surface area contributed by atoms with Crippen molar-refractivity contribution in [3.05, 3.63) is 22.9 Å². The van der Waals surface area contributed by atoms with E-state index in [0.717, 1.165) is 11.3 Å². The molecule has 0 aromatic carbocycles. The maximum absolute atomic E-state index is 5.71. The number of rotatable bonds is 5. The van der Waals surface area contributed by atoms with Gasteiger partial charge in [0.25, 0.3) is 0 Å². The minimum atomic E-state index is -0.0956. The topological polar surface area (TPSA) is 57.4 Å². The molecule has 0 aliphatic carbocycles. The Labute approximate surface area is 107 Å². The quantitative estimate of drug-likeness (QED) is 0.811. The lowest BCUT2D eigenvalue weighted by molar-refractivity contribution is 0.0887. The van der Waals surface area contributed by atoms with E-state index in [1.54, 1.807) is 7.11 Å². The molecule has 1 heterocycles. The summed E-state index contributed by atoms with van der Waals surface area (Å²) in [7, 11) is 1.63. The van der Waals surface area contributed by atoms with Gasteiger partial charge in [-0.3, -0.25) is 0 Å². The lowest BCUT2D eigenvalue weighted by atomic mass is 10.1. The largest absolute Gasteiger partial charge is 0.472 e. The average Bonchev–Trinajstić information content (AvgIpc) is 2.15. The van der Waals surface area contributed by atoms with Crippen LogP contribution in [0.2, 0.25) is 0 Å². The molecule has 17 heavy (non-hydrogen) atoms. The third kappa shape index (κ3) is 3.64. The molecule has 0 aliphatic rings. The minimum Gasteiger partial charge on any atom is -0.472 e. The maximum Gasteiger partial charge on any atom is 0.224 e. The van der Waals surface area contributed by atoms with Gasteiger partial charge in [0.05, 0.1) is 12.2 Å². The summed E-state index contributed by atoms with van der Waals surface area (Å²) in [5.41, 5.74) is 8.25. The van der Waals surface area contributed by atoms with Gasteiger partial charge in [-0.05, 0) is 32.4 Å². The van der Waals surface area contributed by atoms with E-state index in [2.05, 4.69) is 4.98 Å². The molecule has 1 atom stereocenters. The van der Waals surface area contributed by atoms with Crippen molar-refractivity contribution in [3.63, 3.8) is 0 Å². The number of pyridine rings is 1. The summed E-state index contributed by atoms with van der Waals surface area (Å²) in [6.07, 6.45) is -0.0956. The molecule has 1 aromatic heterocycles. The van der Waals surface area contributed by atoms with E-state index in [1.807, 2.05) is 26.8 Å². The molecular formula is C12H18N2O2S. The van der Waals surface area contributed by atoms with E-state index in [1.165, 1.54) is 0 Å². The zero-order valence-corrected chi connectivity index (χ0v) is 11.4. The minimum absolute atomic E-state index is 0.0956. The number of hydrogen-bond donors (Lipinski definition) is 1. The number of nitrogens with zero attached hydrogens (tertiary/aromatic N) is 1. The number of nitrogens with two attached hydrogens (primary N) is 1. The van der Waals surface area contributed by atoms with Gasteiger partial charge in [-0.2, -0.15) is 0 Å². The van der Waals surface area contributed by atoms with Crippen molar-refractivity contribution in [1.82, 2.24) is 4.98 Å². The van der Waals surface area contributed by atoms with Crippen LogP contribution in [0.25, 0.3) is 0 Å². The van der Waals surface area contributed by atoms with E-state index < -0.39 is 0 Å². The molecule has 0 aliphatic heterocycles. The molecule has 0 bridgehead atoms. The molecule has 2 N–H and O–H groups in total. The maximum atomic E-state index is 5.71. The van der Waals surface area contributed by atoms with Crippen LogP contribution in [0.5, 0.6) is 5.88 Å². The van der Waals surface area contributed by atoms with Gasteiger partial charge in [0, 0.05) is 12.8 Å². The van der Waals surface area contributed by atoms with Crippen molar-refractivity contribution < 1.29 is 9.47 Å². The average molecular weight is 254 g/mol. The molecule has 0 radical (unpaired) electrons. The van der Waals surface area contributed by atoms with Crippen LogP contribution in [0.3, 0.4) is 0 Å². The predicted octanol–water partition coefficient (Wildman–Crippen LogP) is 1.75. The van der Waals surface area contributed by atoms with E-state index in [0.29, 0.717) is 23.0 Å². The molecule has 0 fully saturated rings. The van der Waals surface area contributed by atoms with Gasteiger partial charge in [-0.25, -0.2) is 4.98 Å². The highest BCUT2D eigenvalue weighted by molar-refractivity contribution is 7.80. The highest BCUT2D eigenvalue weighted by Crippen LogP contribution is 2.21. The van der Waals surface area contributed by atoms with E-state index in [-0.39, 0.29) is 6.10 Å². The molecule has 0 saturated carbocycles. The number of hydrogen-bond acceptors (Lipinski definition) is 4. The van der Waals surface area contributed by atoms with Crippen LogP contribution in [0.1, 0.15) is 23.7 Å². The first-order valence-corrected chi connectivity index (χ1v) is 5.80. The first-order chi connectivity index (χ1) is 7.95. The molecule has 94 valence electrons. The van der Waals surface area contributed by atoms with Crippen LogP contribution >= 0.6 is 12.2 Å². The Morgan fingerprint density at radius 1 is 1.53 bits per heavy atom. The van der Waals surface area contributed by atoms with Crippen LogP contribution in [0.4, 0.5) is 0 Å². The fourth-order valence-electron chi connectivity index (χ4n) is 1.65. The molecular weight excluding hydrogens is 236 g/mol. The zero-order chi connectivity index (χ0) is 13.0. The van der Waals surface area contributed by atoms with Crippen molar-refractivity contribution in [2.24, 2.45) is 5.73 Å². The summed E-state index contributed by atoms with van der Waals surface area (Å²) in [6.45, 7) is 6.25. The fourth-order valence-corrected chi connectivity index (χ4v) is 1.90. The van der Waals surface area contributed by atoms with Gasteiger partial charge in [-0.15, -0.1) is 0 Å². The Kier molecular flexibility index (Phi) is 4.84. The van der Waals surface area contributed by atoms with Crippen LogP contribution in [0, 0.1) is 13.8 Å². The standard InChI is InChI=1S/C12H18N2O2S/c1-7-5-8(2)14-12(10(7)11(13)17)16-9(3)6-15-4/h5,9H,6H2,1-4H3,(H2,13,17). The third-order valence-electron chi connectivity index (χ3n) is 2.27. The van der Waals surface area contributed by atoms with Crippen LogP contribution in [-0.4, -0.2) is 29.8 Å². The fraction of sp³-hybridized carbons (Fsp3) is 0.500. The number of thiocarbonyl (C=S) groups is 1. The smallest absolute Gasteiger partial charge is 0.224 e. The van der Waals surface area contributed by atoms with Gasteiger partial charge < -0.3 is 15.2 Å². The second kappa shape index (κ2) is 5.93. The number of aromatic nitrogens is 1. The molecule has 5 heteroatoms. The van der Waals surface area contributed by atoms with Gasteiger partial charge in [0.2, 0.25) is 5.88 Å². The monoisotopic (exact) mass is 254 g/mol. The van der Waals surface area contributed by atoms with Crippen molar-refractivity contribution >= 4 is 17.2 Å². The van der Waals surface area contributed by atoms with E-state index in [9.17, 15) is 0 Å². The highest BCUT2D eigenvalue weighted by Gasteiger charge is 2.15. The molecule has 4 nitrogen and oxygen atoms in total. The first-order valence-electron chi connectivity index (χ1n) is 5.39. The van der Waals surface area contributed by atoms with E-state index in [4.69, 9.17) is 27.4 Å². The molecule has 1 rings (SSSR count). The number of methoxy groups -OCH3 is 1. The first kappa shape index (κ1) is 13.9.